The van der Waals surface area contributed by atoms with E-state index >= 15 is 0 Å². The Morgan fingerprint density at radius 1 is 1.32 bits per heavy atom. The molecule has 2 saturated carbocycles. The average molecular weight is 353 g/mol. The average Bonchev–Trinajstić information content (AvgIpc) is 3.26. The Labute approximate surface area is 152 Å². The Hall–Kier alpha value is -0.850. The molecule has 0 aromatic carbocycles. The summed E-state index contributed by atoms with van der Waals surface area (Å²) in [5.41, 5.74) is 0.371. The van der Waals surface area contributed by atoms with Gasteiger partial charge in [0.05, 0.1) is 6.10 Å². The Kier molecular flexibility index (Phi) is 6.58. The Morgan fingerprint density at radius 2 is 2.12 bits per heavy atom. The van der Waals surface area contributed by atoms with Crippen molar-refractivity contribution in [1.29, 1.82) is 0 Å². The summed E-state index contributed by atoms with van der Waals surface area (Å²) >= 11 is 0. The highest BCUT2D eigenvalue weighted by molar-refractivity contribution is 5.80. The van der Waals surface area contributed by atoms with Crippen LogP contribution in [-0.4, -0.2) is 77.1 Å². The van der Waals surface area contributed by atoms with E-state index in [1.165, 1.54) is 32.1 Å². The van der Waals surface area contributed by atoms with Crippen molar-refractivity contribution in [3.63, 3.8) is 0 Å². The van der Waals surface area contributed by atoms with E-state index in [9.17, 15) is 0 Å². The van der Waals surface area contributed by atoms with E-state index in [4.69, 9.17) is 9.47 Å². The van der Waals surface area contributed by atoms with Crippen molar-refractivity contribution in [1.82, 2.24) is 15.5 Å². The van der Waals surface area contributed by atoms with E-state index in [2.05, 4.69) is 27.6 Å². The normalized spacial score (nSPS) is 30.6. The van der Waals surface area contributed by atoms with Gasteiger partial charge in [-0.15, -0.1) is 0 Å². The minimum absolute atomic E-state index is 0.371. The summed E-state index contributed by atoms with van der Waals surface area (Å²) in [5.74, 6) is 1.63. The maximum atomic E-state index is 6.08. The summed E-state index contributed by atoms with van der Waals surface area (Å²) in [6, 6.07) is 0.535. The number of nitrogens with one attached hydrogen (secondary N) is 2. The second kappa shape index (κ2) is 8.69. The molecule has 3 fully saturated rings. The number of hydrogen-bond donors (Lipinski definition) is 2. The summed E-state index contributed by atoms with van der Waals surface area (Å²) in [6.45, 7) is 4.75. The van der Waals surface area contributed by atoms with Gasteiger partial charge in [-0.2, -0.15) is 0 Å². The van der Waals surface area contributed by atoms with Gasteiger partial charge in [-0.3, -0.25) is 4.99 Å². The van der Waals surface area contributed by atoms with Crippen molar-refractivity contribution in [2.24, 2.45) is 16.3 Å². The summed E-state index contributed by atoms with van der Waals surface area (Å²) in [4.78, 5) is 6.80. The Morgan fingerprint density at radius 3 is 2.84 bits per heavy atom. The molecule has 1 heterocycles. The number of fused-ring (bicyclic) bond motifs is 2. The zero-order valence-corrected chi connectivity index (χ0v) is 16.2. The van der Waals surface area contributed by atoms with Crippen molar-refractivity contribution in [3.05, 3.63) is 0 Å². The Balaban J connectivity index is 1.44. The van der Waals surface area contributed by atoms with Crippen molar-refractivity contribution in [2.75, 3.05) is 54.1 Å². The van der Waals surface area contributed by atoms with E-state index in [0.29, 0.717) is 23.5 Å². The molecule has 6 nitrogen and oxygen atoms in total. The van der Waals surface area contributed by atoms with Crippen LogP contribution in [0.2, 0.25) is 0 Å². The van der Waals surface area contributed by atoms with Gasteiger partial charge >= 0.3 is 0 Å². The highest BCUT2D eigenvalue weighted by Crippen LogP contribution is 2.60. The van der Waals surface area contributed by atoms with Crippen LogP contribution in [0, 0.1) is 11.3 Å². The van der Waals surface area contributed by atoms with Crippen molar-refractivity contribution in [2.45, 2.75) is 50.7 Å². The fraction of sp³-hybridized carbons (Fsp3) is 0.947. The van der Waals surface area contributed by atoms with Crippen LogP contribution in [0.5, 0.6) is 0 Å². The standard InChI is InChI=1S/C19H36N4O2/c1-20-18(21-10-12-23(2)11-6-13-24-3)22-16-15-7-14-25-17(15)19(16)8-4-5-9-19/h15-17H,4-14H2,1-3H3,(H2,20,21,22). The number of methoxy groups -OCH3 is 1. The largest absolute Gasteiger partial charge is 0.385 e. The first-order chi connectivity index (χ1) is 12.2. The third-order valence-corrected chi connectivity index (χ3v) is 6.48. The molecule has 25 heavy (non-hydrogen) atoms. The monoisotopic (exact) mass is 352 g/mol. The molecule has 0 amide bonds. The van der Waals surface area contributed by atoms with Gasteiger partial charge in [-0.05, 0) is 32.7 Å². The minimum atomic E-state index is 0.371. The molecule has 3 aliphatic rings. The maximum Gasteiger partial charge on any atom is 0.191 e. The molecule has 1 spiro atoms. The van der Waals surface area contributed by atoms with Gasteiger partial charge in [-0.1, -0.05) is 12.8 Å². The molecule has 3 atom stereocenters. The zero-order chi connectivity index (χ0) is 17.7. The first-order valence-corrected chi connectivity index (χ1v) is 9.97. The molecule has 2 aliphatic carbocycles. The highest BCUT2D eigenvalue weighted by atomic mass is 16.5. The van der Waals surface area contributed by atoms with Gasteiger partial charge < -0.3 is 25.0 Å². The molecular formula is C19H36N4O2. The third kappa shape index (κ3) is 3.96. The molecule has 0 bridgehead atoms. The predicted octanol–water partition coefficient (Wildman–Crippen LogP) is 1.47. The second-order valence-corrected chi connectivity index (χ2v) is 7.95. The zero-order valence-electron chi connectivity index (χ0n) is 16.2. The molecule has 0 aromatic rings. The molecule has 3 unspecified atom stereocenters. The lowest BCUT2D eigenvalue weighted by atomic mass is 9.54. The van der Waals surface area contributed by atoms with Crippen LogP contribution in [0.1, 0.15) is 38.5 Å². The van der Waals surface area contributed by atoms with E-state index in [-0.39, 0.29) is 0 Å². The number of aliphatic imine (C=N–C) groups is 1. The van der Waals surface area contributed by atoms with Gasteiger partial charge in [0.25, 0.3) is 0 Å². The minimum Gasteiger partial charge on any atom is -0.385 e. The molecule has 1 aliphatic heterocycles. The van der Waals surface area contributed by atoms with Crippen LogP contribution < -0.4 is 10.6 Å². The summed E-state index contributed by atoms with van der Waals surface area (Å²) in [7, 11) is 5.79. The number of likely N-dealkylation sites (N-methyl/N-ethyl adjacent to an activating group) is 1. The summed E-state index contributed by atoms with van der Waals surface area (Å²) < 4.78 is 11.2. The fourth-order valence-electron chi connectivity index (χ4n) is 5.20. The molecule has 144 valence electrons. The third-order valence-electron chi connectivity index (χ3n) is 6.48. The molecule has 6 heteroatoms. The number of rotatable bonds is 8. The van der Waals surface area contributed by atoms with Gasteiger partial charge in [0, 0.05) is 64.4 Å². The van der Waals surface area contributed by atoms with Crippen LogP contribution in [0.3, 0.4) is 0 Å². The molecule has 2 N–H and O–H groups in total. The molecule has 1 saturated heterocycles. The van der Waals surface area contributed by atoms with Crippen LogP contribution in [0.4, 0.5) is 0 Å². The van der Waals surface area contributed by atoms with Gasteiger partial charge in [0.15, 0.2) is 5.96 Å². The summed E-state index contributed by atoms with van der Waals surface area (Å²) in [6.07, 6.45) is 8.09. The quantitative estimate of drug-likeness (QED) is 0.394. The second-order valence-electron chi connectivity index (χ2n) is 7.95. The first kappa shape index (κ1) is 18.9. The van der Waals surface area contributed by atoms with E-state index in [1.54, 1.807) is 7.11 Å². The predicted molar refractivity (Wildman–Crippen MR) is 101 cm³/mol. The lowest BCUT2D eigenvalue weighted by molar-refractivity contribution is -0.125. The lowest BCUT2D eigenvalue weighted by Gasteiger charge is -2.57. The molecule has 3 rings (SSSR count). The molecule has 0 aromatic heterocycles. The fourth-order valence-corrected chi connectivity index (χ4v) is 5.20. The van der Waals surface area contributed by atoms with Crippen LogP contribution in [-0.2, 0) is 9.47 Å². The van der Waals surface area contributed by atoms with Crippen molar-refractivity contribution in [3.8, 4) is 0 Å². The number of ether oxygens (including phenoxy) is 2. The SMILES string of the molecule is CN=C(NCCN(C)CCCOC)NC1C2CCOC2C12CCCC2. The summed E-state index contributed by atoms with van der Waals surface area (Å²) in [5, 5.41) is 7.25. The van der Waals surface area contributed by atoms with Crippen LogP contribution in [0.25, 0.3) is 0 Å². The van der Waals surface area contributed by atoms with E-state index in [0.717, 1.165) is 45.2 Å². The smallest absolute Gasteiger partial charge is 0.191 e. The van der Waals surface area contributed by atoms with Gasteiger partial charge in [0.1, 0.15) is 0 Å². The molecular weight excluding hydrogens is 316 g/mol. The number of guanidine groups is 1. The van der Waals surface area contributed by atoms with Gasteiger partial charge in [0.2, 0.25) is 0 Å². The van der Waals surface area contributed by atoms with Crippen molar-refractivity contribution >= 4 is 5.96 Å². The first-order valence-electron chi connectivity index (χ1n) is 9.97. The van der Waals surface area contributed by atoms with E-state index < -0.39 is 0 Å². The van der Waals surface area contributed by atoms with Crippen LogP contribution >= 0.6 is 0 Å². The van der Waals surface area contributed by atoms with Crippen LogP contribution in [0.15, 0.2) is 4.99 Å². The van der Waals surface area contributed by atoms with E-state index in [1.807, 2.05) is 7.05 Å². The lowest BCUT2D eigenvalue weighted by Crippen LogP contribution is -2.69. The Bertz CT molecular complexity index is 451. The highest BCUT2D eigenvalue weighted by Gasteiger charge is 2.65. The maximum absolute atomic E-state index is 6.08. The van der Waals surface area contributed by atoms with Gasteiger partial charge in [-0.25, -0.2) is 0 Å². The number of nitrogens with zero attached hydrogens (tertiary/aromatic N) is 2. The van der Waals surface area contributed by atoms with Crippen molar-refractivity contribution < 1.29 is 9.47 Å². The topological polar surface area (TPSA) is 58.1 Å². The number of hydrogen-bond acceptors (Lipinski definition) is 4. The molecule has 0 radical (unpaired) electrons.